The first-order valence-electron chi connectivity index (χ1n) is 3.74. The number of piperidine rings is 1. The molecule has 3 nitrogen and oxygen atoms in total. The van der Waals surface area contributed by atoms with E-state index in [4.69, 9.17) is 5.26 Å². The molecule has 0 spiro atoms. The maximum absolute atomic E-state index is 8.45. The predicted octanol–water partition coefficient (Wildman–Crippen LogP) is 0.872. The zero-order valence-electron chi connectivity index (χ0n) is 6.55. The van der Waals surface area contributed by atoms with Crippen LogP contribution in [0.15, 0.2) is 0 Å². The summed E-state index contributed by atoms with van der Waals surface area (Å²) >= 11 is 3.54. The van der Waals surface area contributed by atoms with Crippen molar-refractivity contribution >= 4 is 15.9 Å². The van der Waals surface area contributed by atoms with Crippen molar-refractivity contribution in [3.8, 4) is 6.19 Å². The highest BCUT2D eigenvalue weighted by molar-refractivity contribution is 9.09. The molecule has 62 valence electrons. The Bertz CT molecular complexity index is 156. The molecule has 1 N–H and O–H groups in total. The van der Waals surface area contributed by atoms with E-state index < -0.39 is 0 Å². The molecule has 1 fully saturated rings. The van der Waals surface area contributed by atoms with E-state index in [-0.39, 0.29) is 6.17 Å². The first-order chi connectivity index (χ1) is 5.25. The third-order valence-electron chi connectivity index (χ3n) is 2.02. The van der Waals surface area contributed by atoms with Gasteiger partial charge in [0.25, 0.3) is 0 Å². The van der Waals surface area contributed by atoms with Gasteiger partial charge in [0.1, 0.15) is 6.17 Å². The molecule has 1 saturated heterocycles. The minimum absolute atomic E-state index is 0.175. The Hall–Kier alpha value is -0.270. The number of likely N-dealkylation sites (tertiary alicyclic amines) is 1. The molecule has 0 saturated carbocycles. The van der Waals surface area contributed by atoms with Crippen LogP contribution in [0.2, 0.25) is 0 Å². The van der Waals surface area contributed by atoms with Gasteiger partial charge in [-0.05, 0) is 26.4 Å². The number of nitrogens with one attached hydrogen (secondary N) is 1. The topological polar surface area (TPSA) is 39.1 Å². The zero-order valence-corrected chi connectivity index (χ0v) is 8.13. The van der Waals surface area contributed by atoms with E-state index in [0.29, 0.717) is 4.83 Å². The third kappa shape index (κ3) is 2.08. The normalized spacial score (nSPS) is 32.8. The van der Waals surface area contributed by atoms with Crippen molar-refractivity contribution in [2.45, 2.75) is 23.8 Å². The van der Waals surface area contributed by atoms with E-state index >= 15 is 0 Å². The van der Waals surface area contributed by atoms with E-state index in [2.05, 4.69) is 26.1 Å². The Morgan fingerprint density at radius 2 is 2.45 bits per heavy atom. The first-order valence-corrected chi connectivity index (χ1v) is 4.66. The standard InChI is InChI=1S/C7H12BrN3/c1-11-4-2-3-6(8)7(11)10-5-9/h6-7,10H,2-4H2,1H3. The lowest BCUT2D eigenvalue weighted by Gasteiger charge is -2.35. The summed E-state index contributed by atoms with van der Waals surface area (Å²) < 4.78 is 0. The first kappa shape index (κ1) is 8.82. The molecule has 0 radical (unpaired) electrons. The number of nitrogens with zero attached hydrogens (tertiary/aromatic N) is 2. The van der Waals surface area contributed by atoms with Crippen molar-refractivity contribution in [2.75, 3.05) is 13.6 Å². The van der Waals surface area contributed by atoms with Crippen LogP contribution in [0.5, 0.6) is 0 Å². The van der Waals surface area contributed by atoms with Gasteiger partial charge in [-0.25, -0.2) is 0 Å². The highest BCUT2D eigenvalue weighted by Crippen LogP contribution is 2.20. The number of hydrogen-bond acceptors (Lipinski definition) is 3. The lowest BCUT2D eigenvalue weighted by atomic mass is 10.1. The summed E-state index contributed by atoms with van der Waals surface area (Å²) in [6.45, 7) is 1.07. The van der Waals surface area contributed by atoms with E-state index in [1.54, 1.807) is 0 Å². The van der Waals surface area contributed by atoms with Crippen molar-refractivity contribution in [3.63, 3.8) is 0 Å². The molecule has 1 heterocycles. The van der Waals surface area contributed by atoms with Gasteiger partial charge in [0.15, 0.2) is 6.19 Å². The number of rotatable bonds is 1. The lowest BCUT2D eigenvalue weighted by molar-refractivity contribution is 0.178. The summed E-state index contributed by atoms with van der Waals surface area (Å²) in [6, 6.07) is 0. The van der Waals surface area contributed by atoms with Gasteiger partial charge >= 0.3 is 0 Å². The van der Waals surface area contributed by atoms with Crippen LogP contribution in [0.3, 0.4) is 0 Å². The van der Waals surface area contributed by atoms with Gasteiger partial charge in [-0.1, -0.05) is 15.9 Å². The molecule has 2 unspecified atom stereocenters. The second kappa shape index (κ2) is 3.93. The summed E-state index contributed by atoms with van der Waals surface area (Å²) in [4.78, 5) is 2.56. The monoisotopic (exact) mass is 217 g/mol. The minimum atomic E-state index is 0.175. The molecule has 0 aliphatic carbocycles. The Morgan fingerprint density at radius 3 is 3.00 bits per heavy atom. The van der Waals surface area contributed by atoms with E-state index in [1.807, 2.05) is 13.2 Å². The molecule has 0 amide bonds. The summed E-state index contributed by atoms with van der Waals surface area (Å²) in [5.74, 6) is 0. The van der Waals surface area contributed by atoms with Gasteiger partial charge in [0.2, 0.25) is 0 Å². The van der Waals surface area contributed by atoms with E-state index in [9.17, 15) is 0 Å². The maximum Gasteiger partial charge on any atom is 0.177 e. The van der Waals surface area contributed by atoms with Crippen molar-refractivity contribution in [3.05, 3.63) is 0 Å². The van der Waals surface area contributed by atoms with Crippen LogP contribution < -0.4 is 5.32 Å². The van der Waals surface area contributed by atoms with Crippen molar-refractivity contribution < 1.29 is 0 Å². The molecule has 11 heavy (non-hydrogen) atoms. The van der Waals surface area contributed by atoms with Gasteiger partial charge in [-0.15, -0.1) is 0 Å². The van der Waals surface area contributed by atoms with Crippen LogP contribution in [-0.4, -0.2) is 29.5 Å². The smallest absolute Gasteiger partial charge is 0.177 e. The maximum atomic E-state index is 8.45. The molecular weight excluding hydrogens is 206 g/mol. The summed E-state index contributed by atoms with van der Waals surface area (Å²) in [5, 5.41) is 11.2. The average molecular weight is 218 g/mol. The Kier molecular flexibility index (Phi) is 3.16. The van der Waals surface area contributed by atoms with Crippen LogP contribution in [0, 0.1) is 11.5 Å². The van der Waals surface area contributed by atoms with Crippen molar-refractivity contribution in [1.82, 2.24) is 10.2 Å². The van der Waals surface area contributed by atoms with Crippen LogP contribution in [0.4, 0.5) is 0 Å². The summed E-state index contributed by atoms with van der Waals surface area (Å²) in [6.07, 6.45) is 4.50. The van der Waals surface area contributed by atoms with Crippen molar-refractivity contribution in [1.29, 1.82) is 5.26 Å². The largest absolute Gasteiger partial charge is 0.306 e. The number of halogens is 1. The average Bonchev–Trinajstić information content (AvgIpc) is 1.97. The molecule has 2 atom stereocenters. The van der Waals surface area contributed by atoms with Gasteiger partial charge < -0.3 is 5.32 Å². The molecular formula is C7H12BrN3. The van der Waals surface area contributed by atoms with Gasteiger partial charge in [0, 0.05) is 4.83 Å². The molecule has 0 aromatic carbocycles. The second-order valence-corrected chi connectivity index (χ2v) is 4.02. The van der Waals surface area contributed by atoms with Gasteiger partial charge in [-0.3, -0.25) is 4.90 Å². The molecule has 0 aromatic rings. The molecule has 1 rings (SSSR count). The number of nitriles is 1. The Balaban J connectivity index is 2.49. The lowest BCUT2D eigenvalue weighted by Crippen LogP contribution is -2.50. The Morgan fingerprint density at radius 1 is 1.73 bits per heavy atom. The van der Waals surface area contributed by atoms with E-state index in [0.717, 1.165) is 13.0 Å². The van der Waals surface area contributed by atoms with Gasteiger partial charge in [0.05, 0.1) is 0 Å². The molecule has 4 heteroatoms. The fourth-order valence-corrected chi connectivity index (χ4v) is 2.24. The van der Waals surface area contributed by atoms with Crippen LogP contribution in [-0.2, 0) is 0 Å². The van der Waals surface area contributed by atoms with Crippen LogP contribution >= 0.6 is 15.9 Å². The van der Waals surface area contributed by atoms with Gasteiger partial charge in [-0.2, -0.15) is 5.26 Å². The molecule has 1 aliphatic rings. The second-order valence-electron chi connectivity index (χ2n) is 2.84. The number of hydrogen-bond donors (Lipinski definition) is 1. The minimum Gasteiger partial charge on any atom is -0.306 e. The quantitative estimate of drug-likeness (QED) is 0.403. The van der Waals surface area contributed by atoms with E-state index in [1.165, 1.54) is 6.42 Å². The SMILES string of the molecule is CN1CCCC(Br)C1NC#N. The summed E-state index contributed by atoms with van der Waals surface area (Å²) in [7, 11) is 2.03. The fraction of sp³-hybridized carbons (Fsp3) is 0.857. The third-order valence-corrected chi connectivity index (χ3v) is 2.98. The van der Waals surface area contributed by atoms with Crippen LogP contribution in [0.25, 0.3) is 0 Å². The zero-order chi connectivity index (χ0) is 8.27. The van der Waals surface area contributed by atoms with Crippen molar-refractivity contribution in [2.24, 2.45) is 0 Å². The Labute approximate surface area is 75.5 Å². The number of alkyl halides is 1. The highest BCUT2D eigenvalue weighted by Gasteiger charge is 2.26. The molecule has 0 bridgehead atoms. The fourth-order valence-electron chi connectivity index (χ4n) is 1.38. The predicted molar refractivity (Wildman–Crippen MR) is 47.1 cm³/mol. The van der Waals surface area contributed by atoms with Crippen LogP contribution in [0.1, 0.15) is 12.8 Å². The highest BCUT2D eigenvalue weighted by atomic mass is 79.9. The molecule has 0 aromatic heterocycles. The molecule has 1 aliphatic heterocycles. The summed E-state index contributed by atoms with van der Waals surface area (Å²) in [5.41, 5.74) is 0.